The Hall–Kier alpha value is -4.56. The van der Waals surface area contributed by atoms with Crippen LogP contribution >= 0.6 is 11.5 Å². The van der Waals surface area contributed by atoms with Crippen LogP contribution in [0, 0.1) is 0 Å². The molecular weight excluding hydrogens is 554 g/mol. The van der Waals surface area contributed by atoms with Gasteiger partial charge in [0.05, 0.1) is 26.0 Å². The Kier molecular flexibility index (Phi) is 8.12. The van der Waals surface area contributed by atoms with Crippen molar-refractivity contribution in [2.45, 2.75) is 25.0 Å². The van der Waals surface area contributed by atoms with Crippen LogP contribution < -0.4 is 40.6 Å². The molecule has 3 heterocycles. The lowest BCUT2D eigenvalue weighted by molar-refractivity contribution is -0.123. The van der Waals surface area contributed by atoms with Crippen molar-refractivity contribution in [2.75, 3.05) is 44.8 Å². The minimum atomic E-state index is -1.23. The number of hydrogen-bond donors (Lipinski definition) is 3. The third-order valence-corrected chi connectivity index (χ3v) is 7.62. The summed E-state index contributed by atoms with van der Waals surface area (Å²) in [7, 11) is 2.97. The van der Waals surface area contributed by atoms with Crippen molar-refractivity contribution in [3.8, 4) is 23.0 Å². The van der Waals surface area contributed by atoms with Gasteiger partial charge in [-0.1, -0.05) is 6.07 Å². The van der Waals surface area contributed by atoms with E-state index in [0.717, 1.165) is 12.8 Å². The Bertz CT molecular complexity index is 1470. The number of benzene rings is 2. The van der Waals surface area contributed by atoms with Crippen molar-refractivity contribution < 1.29 is 38.1 Å². The second-order valence-electron chi connectivity index (χ2n) is 9.25. The minimum Gasteiger partial charge on any atom is -0.493 e. The quantitative estimate of drug-likeness (QED) is 0.321. The summed E-state index contributed by atoms with van der Waals surface area (Å²) >= 11 is 0.713. The van der Waals surface area contributed by atoms with Gasteiger partial charge in [0.15, 0.2) is 28.7 Å². The van der Waals surface area contributed by atoms with Gasteiger partial charge in [0, 0.05) is 24.9 Å². The average Bonchev–Trinajstić information content (AvgIpc) is 3.74. The first-order valence-electron chi connectivity index (χ1n) is 12.7. The second-order valence-corrected chi connectivity index (χ2v) is 10.0. The first-order chi connectivity index (χ1) is 19.8. The summed E-state index contributed by atoms with van der Waals surface area (Å²) in [6.45, 7) is 0.881. The number of fused-ring (bicyclic) bond motifs is 1. The summed E-state index contributed by atoms with van der Waals surface area (Å²) in [6, 6.07) is 8.54. The zero-order chi connectivity index (χ0) is 29.1. The van der Waals surface area contributed by atoms with Gasteiger partial charge in [-0.05, 0) is 54.2 Å². The number of hydrogen-bond acceptors (Lipinski definition) is 11. The van der Waals surface area contributed by atoms with E-state index in [1.165, 1.54) is 19.1 Å². The fourth-order valence-electron chi connectivity index (χ4n) is 4.71. The summed E-state index contributed by atoms with van der Waals surface area (Å²) in [4.78, 5) is 41.4. The van der Waals surface area contributed by atoms with E-state index in [0.29, 0.717) is 52.4 Å². The molecule has 2 aromatic carbocycles. The number of primary amides is 1. The van der Waals surface area contributed by atoms with Gasteiger partial charge in [0.1, 0.15) is 10.9 Å². The highest BCUT2D eigenvalue weighted by molar-refractivity contribution is 7.09. The Morgan fingerprint density at radius 3 is 2.59 bits per heavy atom. The molecule has 3 aromatic rings. The van der Waals surface area contributed by atoms with Crippen molar-refractivity contribution in [2.24, 2.45) is 5.73 Å². The molecule has 0 saturated carbocycles. The van der Waals surface area contributed by atoms with Gasteiger partial charge >= 0.3 is 0 Å². The fraction of sp³-hybridized carbons (Fsp3) is 0.333. The molecule has 5 N–H and O–H groups in total. The fourth-order valence-corrected chi connectivity index (χ4v) is 5.46. The van der Waals surface area contributed by atoms with Gasteiger partial charge in [-0.3, -0.25) is 19.3 Å². The van der Waals surface area contributed by atoms with Crippen LogP contribution in [0.1, 0.15) is 44.6 Å². The van der Waals surface area contributed by atoms with Gasteiger partial charge in [0.2, 0.25) is 12.7 Å². The number of anilines is 2. The van der Waals surface area contributed by atoms with Crippen LogP contribution in [0.15, 0.2) is 36.4 Å². The minimum absolute atomic E-state index is 0.0114. The normalized spacial score (nSPS) is 16.2. The van der Waals surface area contributed by atoms with Crippen LogP contribution in [0.25, 0.3) is 0 Å². The van der Waals surface area contributed by atoms with Crippen LogP contribution in [-0.4, -0.2) is 62.4 Å². The molecule has 1 fully saturated rings. The molecule has 2 aliphatic heterocycles. The molecule has 0 bridgehead atoms. The first kappa shape index (κ1) is 28.0. The Morgan fingerprint density at radius 1 is 1.12 bits per heavy atom. The predicted octanol–water partition coefficient (Wildman–Crippen LogP) is 2.25. The Balaban J connectivity index is 1.64. The topological polar surface area (TPSA) is 178 Å². The van der Waals surface area contributed by atoms with Gasteiger partial charge in [-0.15, -0.1) is 0 Å². The van der Waals surface area contributed by atoms with Crippen LogP contribution in [0.5, 0.6) is 23.0 Å². The smallest absolute Gasteiger partial charge is 0.273 e. The lowest BCUT2D eigenvalue weighted by atomic mass is 10.0. The molecule has 41 heavy (non-hydrogen) atoms. The Morgan fingerprint density at radius 2 is 1.90 bits per heavy atom. The van der Waals surface area contributed by atoms with Crippen molar-refractivity contribution >= 4 is 40.6 Å². The lowest BCUT2D eigenvalue weighted by Crippen LogP contribution is -2.45. The van der Waals surface area contributed by atoms with Gasteiger partial charge in [0.25, 0.3) is 11.8 Å². The molecule has 0 unspecified atom stereocenters. The highest BCUT2D eigenvalue weighted by atomic mass is 32.1. The maximum atomic E-state index is 14.3. The third-order valence-electron chi connectivity index (χ3n) is 6.77. The standard InChI is InChI=1S/C27H29N5O8S/c1-36-17-7-5-14(10-19(17)37-2)23(26(34)30-12-16-4-3-9-38-16)32(15-6-8-18-20(11-15)40-13-39-18)27(35)24-21(28)22(25(29)33)31-41-24/h5-8,10-11,16,23H,3-4,9,12-13,28H2,1-2H3,(H2,29,33)(H,30,34)/t16-,23+/m0/s1. The summed E-state index contributed by atoms with van der Waals surface area (Å²) in [5, 5.41) is 2.93. The molecule has 1 aromatic heterocycles. The van der Waals surface area contributed by atoms with E-state index in [9.17, 15) is 14.4 Å². The number of nitrogen functional groups attached to an aromatic ring is 1. The number of nitrogens with one attached hydrogen (secondary N) is 1. The molecule has 2 atom stereocenters. The van der Waals surface area contributed by atoms with Crippen LogP contribution in [0.3, 0.4) is 0 Å². The molecule has 3 amide bonds. The third kappa shape index (κ3) is 5.56. The van der Waals surface area contributed by atoms with Crippen LogP contribution in [-0.2, 0) is 9.53 Å². The van der Waals surface area contributed by atoms with E-state index in [1.807, 2.05) is 0 Å². The molecule has 1 saturated heterocycles. The first-order valence-corrected chi connectivity index (χ1v) is 13.5. The molecule has 5 rings (SSSR count). The number of aromatic nitrogens is 1. The van der Waals surface area contributed by atoms with Crippen molar-refractivity contribution in [3.05, 3.63) is 52.5 Å². The van der Waals surface area contributed by atoms with E-state index in [2.05, 4.69) is 9.69 Å². The maximum Gasteiger partial charge on any atom is 0.273 e. The number of carbonyl (C=O) groups is 3. The number of carbonyl (C=O) groups excluding carboxylic acids is 3. The maximum absolute atomic E-state index is 14.3. The molecule has 0 radical (unpaired) electrons. The predicted molar refractivity (Wildman–Crippen MR) is 149 cm³/mol. The zero-order valence-corrected chi connectivity index (χ0v) is 23.2. The van der Waals surface area contributed by atoms with Crippen LogP contribution in [0.2, 0.25) is 0 Å². The SMILES string of the molecule is COc1ccc([C@H](C(=O)NC[C@@H]2CCCO2)N(C(=O)c2snc(C(N)=O)c2N)c2ccc3c(c2)OCO3)cc1OC. The second kappa shape index (κ2) is 11.9. The van der Waals surface area contributed by atoms with Crippen LogP contribution in [0.4, 0.5) is 11.4 Å². The van der Waals surface area contributed by atoms with Gasteiger partial charge in [-0.2, -0.15) is 4.37 Å². The van der Waals surface area contributed by atoms with E-state index in [1.54, 1.807) is 36.4 Å². The molecular formula is C27H29N5O8S. The summed E-state index contributed by atoms with van der Waals surface area (Å²) in [6.07, 6.45) is 1.56. The molecule has 0 aliphatic carbocycles. The molecule has 2 aliphatic rings. The summed E-state index contributed by atoms with van der Waals surface area (Å²) in [5.74, 6) is -0.378. The van der Waals surface area contributed by atoms with Crippen molar-refractivity contribution in [1.29, 1.82) is 0 Å². The molecule has 13 nitrogen and oxygen atoms in total. The van der Waals surface area contributed by atoms with Crippen molar-refractivity contribution in [1.82, 2.24) is 9.69 Å². The largest absolute Gasteiger partial charge is 0.493 e. The number of methoxy groups -OCH3 is 2. The average molecular weight is 584 g/mol. The summed E-state index contributed by atoms with van der Waals surface area (Å²) in [5.41, 5.74) is 11.9. The molecule has 14 heteroatoms. The molecule has 0 spiro atoms. The van der Waals surface area contributed by atoms with E-state index in [4.69, 9.17) is 35.2 Å². The number of nitrogens with zero attached hydrogens (tertiary/aromatic N) is 2. The number of nitrogens with two attached hydrogens (primary N) is 2. The number of rotatable bonds is 10. The Labute approximate surface area is 239 Å². The zero-order valence-electron chi connectivity index (χ0n) is 22.4. The van der Waals surface area contributed by atoms with E-state index in [-0.39, 0.29) is 35.7 Å². The van der Waals surface area contributed by atoms with E-state index >= 15 is 0 Å². The highest BCUT2D eigenvalue weighted by Crippen LogP contribution is 2.41. The lowest BCUT2D eigenvalue weighted by Gasteiger charge is -2.32. The van der Waals surface area contributed by atoms with Crippen molar-refractivity contribution in [3.63, 3.8) is 0 Å². The molecule has 216 valence electrons. The van der Waals surface area contributed by atoms with E-state index < -0.39 is 23.8 Å². The number of ether oxygens (including phenoxy) is 5. The highest BCUT2D eigenvalue weighted by Gasteiger charge is 2.37. The summed E-state index contributed by atoms with van der Waals surface area (Å²) < 4.78 is 31.5. The van der Waals surface area contributed by atoms with Gasteiger partial charge in [-0.25, -0.2) is 0 Å². The monoisotopic (exact) mass is 583 g/mol. The van der Waals surface area contributed by atoms with Gasteiger partial charge < -0.3 is 40.5 Å². The number of amides is 3.